The van der Waals surface area contributed by atoms with Gasteiger partial charge in [-0.3, -0.25) is 14.5 Å². The zero-order valence-corrected chi connectivity index (χ0v) is 16.2. The van der Waals surface area contributed by atoms with Gasteiger partial charge >= 0.3 is 0 Å². The van der Waals surface area contributed by atoms with E-state index in [2.05, 4.69) is 10.6 Å². The molecule has 0 atom stereocenters. The first-order valence-electron chi connectivity index (χ1n) is 8.51. The molecule has 1 saturated heterocycles. The molecule has 0 unspecified atom stereocenters. The Labute approximate surface area is 154 Å². The van der Waals surface area contributed by atoms with E-state index in [9.17, 15) is 18.0 Å². The Kier molecular flexibility index (Phi) is 6.74. The molecule has 1 fully saturated rings. The van der Waals surface area contributed by atoms with E-state index >= 15 is 0 Å². The number of aryl methyl sites for hydroxylation is 2. The normalized spacial score (nSPS) is 16.3. The highest BCUT2D eigenvalue weighted by atomic mass is 32.2. The molecule has 0 aromatic heterocycles. The number of carbonyl (C=O) groups is 2. The minimum absolute atomic E-state index is 0.0591. The first-order chi connectivity index (χ1) is 12.2. The predicted octanol–water partition coefficient (Wildman–Crippen LogP) is -0.528. The van der Waals surface area contributed by atoms with Crippen LogP contribution in [0.1, 0.15) is 11.1 Å². The molecule has 2 rings (SSSR count). The van der Waals surface area contributed by atoms with Crippen LogP contribution in [0.2, 0.25) is 0 Å². The molecule has 26 heavy (non-hydrogen) atoms. The standard InChI is InChI=1S/C17H26N4O4S/c1-13-4-5-15(10-14(13)2)26(24,25)21-8-6-20(7-9-21)12-17(23)19-11-16(22)18-3/h4-5,10H,6-9,11-12H2,1-3H3,(H,18,22)(H,19,23). The van der Waals surface area contributed by atoms with E-state index in [-0.39, 0.29) is 24.9 Å². The van der Waals surface area contributed by atoms with Gasteiger partial charge in [0, 0.05) is 33.2 Å². The van der Waals surface area contributed by atoms with E-state index in [4.69, 9.17) is 0 Å². The fourth-order valence-electron chi connectivity index (χ4n) is 2.68. The number of carbonyl (C=O) groups excluding carboxylic acids is 2. The first-order valence-corrected chi connectivity index (χ1v) is 9.95. The van der Waals surface area contributed by atoms with E-state index in [0.29, 0.717) is 31.1 Å². The molecule has 1 aliphatic rings. The van der Waals surface area contributed by atoms with Crippen molar-refractivity contribution >= 4 is 21.8 Å². The van der Waals surface area contributed by atoms with Gasteiger partial charge in [-0.2, -0.15) is 4.31 Å². The first kappa shape index (κ1) is 20.3. The highest BCUT2D eigenvalue weighted by molar-refractivity contribution is 7.89. The molecule has 1 aromatic rings. The SMILES string of the molecule is CNC(=O)CNC(=O)CN1CCN(S(=O)(=O)c2ccc(C)c(C)c2)CC1. The van der Waals surface area contributed by atoms with Crippen molar-refractivity contribution in [3.63, 3.8) is 0 Å². The van der Waals surface area contributed by atoms with Crippen LogP contribution in [0, 0.1) is 13.8 Å². The van der Waals surface area contributed by atoms with Crippen LogP contribution in [-0.4, -0.2) is 75.8 Å². The number of amides is 2. The van der Waals surface area contributed by atoms with Crippen LogP contribution < -0.4 is 10.6 Å². The van der Waals surface area contributed by atoms with Crippen LogP contribution in [0.4, 0.5) is 0 Å². The van der Waals surface area contributed by atoms with Crippen molar-refractivity contribution in [2.24, 2.45) is 0 Å². The van der Waals surface area contributed by atoms with Gasteiger partial charge in [0.1, 0.15) is 0 Å². The molecule has 8 nitrogen and oxygen atoms in total. The van der Waals surface area contributed by atoms with Gasteiger partial charge in [0.05, 0.1) is 18.0 Å². The van der Waals surface area contributed by atoms with E-state index in [0.717, 1.165) is 11.1 Å². The van der Waals surface area contributed by atoms with Gasteiger partial charge in [-0.15, -0.1) is 0 Å². The average Bonchev–Trinajstić information content (AvgIpc) is 2.62. The van der Waals surface area contributed by atoms with Crippen molar-refractivity contribution in [1.29, 1.82) is 0 Å². The molecule has 0 radical (unpaired) electrons. The van der Waals surface area contributed by atoms with Crippen molar-refractivity contribution in [3.05, 3.63) is 29.3 Å². The molecular weight excluding hydrogens is 356 g/mol. The maximum absolute atomic E-state index is 12.8. The second-order valence-electron chi connectivity index (χ2n) is 6.38. The minimum Gasteiger partial charge on any atom is -0.358 e. The number of sulfonamides is 1. The number of benzene rings is 1. The second-order valence-corrected chi connectivity index (χ2v) is 8.31. The Balaban J connectivity index is 1.90. The number of nitrogens with zero attached hydrogens (tertiary/aromatic N) is 2. The third-order valence-corrected chi connectivity index (χ3v) is 6.43. The van der Waals surface area contributed by atoms with Crippen molar-refractivity contribution < 1.29 is 18.0 Å². The Morgan fingerprint density at radius 1 is 1.04 bits per heavy atom. The molecule has 0 spiro atoms. The molecule has 1 aromatic carbocycles. The van der Waals surface area contributed by atoms with Crippen LogP contribution in [0.5, 0.6) is 0 Å². The molecule has 0 aliphatic carbocycles. The van der Waals surface area contributed by atoms with Gasteiger partial charge in [-0.25, -0.2) is 8.42 Å². The molecule has 9 heteroatoms. The average molecular weight is 382 g/mol. The van der Waals surface area contributed by atoms with E-state index in [1.807, 2.05) is 24.8 Å². The lowest BCUT2D eigenvalue weighted by molar-refractivity contribution is -0.126. The monoisotopic (exact) mass is 382 g/mol. The fraction of sp³-hybridized carbons (Fsp3) is 0.529. The van der Waals surface area contributed by atoms with Crippen molar-refractivity contribution in [1.82, 2.24) is 19.8 Å². The number of piperazine rings is 1. The van der Waals surface area contributed by atoms with Crippen LogP contribution in [0.3, 0.4) is 0 Å². The van der Waals surface area contributed by atoms with Gasteiger partial charge in [0.25, 0.3) is 0 Å². The van der Waals surface area contributed by atoms with Crippen molar-refractivity contribution in [2.45, 2.75) is 18.7 Å². The Hall–Kier alpha value is -1.97. The van der Waals surface area contributed by atoms with Gasteiger partial charge < -0.3 is 10.6 Å². The minimum atomic E-state index is -3.52. The summed E-state index contributed by atoms with van der Waals surface area (Å²) in [4.78, 5) is 25.1. The third kappa shape index (κ3) is 5.03. The van der Waals surface area contributed by atoms with E-state index < -0.39 is 10.0 Å². The van der Waals surface area contributed by atoms with Crippen molar-refractivity contribution in [3.8, 4) is 0 Å². The number of likely N-dealkylation sites (N-methyl/N-ethyl adjacent to an activating group) is 1. The van der Waals surface area contributed by atoms with E-state index in [1.165, 1.54) is 11.4 Å². The number of nitrogens with one attached hydrogen (secondary N) is 2. The predicted molar refractivity (Wildman–Crippen MR) is 98.2 cm³/mol. The topological polar surface area (TPSA) is 98.8 Å². The molecule has 2 N–H and O–H groups in total. The van der Waals surface area contributed by atoms with Crippen LogP contribution >= 0.6 is 0 Å². The Morgan fingerprint density at radius 2 is 1.69 bits per heavy atom. The van der Waals surface area contributed by atoms with E-state index in [1.54, 1.807) is 12.1 Å². The molecule has 1 heterocycles. The Bertz CT molecular complexity index is 771. The number of hydrogen-bond acceptors (Lipinski definition) is 5. The molecule has 0 saturated carbocycles. The summed E-state index contributed by atoms with van der Waals surface area (Å²) in [5.74, 6) is -0.512. The lowest BCUT2D eigenvalue weighted by Crippen LogP contribution is -2.51. The van der Waals surface area contributed by atoms with Gasteiger partial charge in [0.15, 0.2) is 0 Å². The van der Waals surface area contributed by atoms with Gasteiger partial charge in [-0.05, 0) is 37.1 Å². The highest BCUT2D eigenvalue weighted by Crippen LogP contribution is 2.20. The smallest absolute Gasteiger partial charge is 0.243 e. The Morgan fingerprint density at radius 3 is 2.27 bits per heavy atom. The van der Waals surface area contributed by atoms with Crippen LogP contribution in [-0.2, 0) is 19.6 Å². The highest BCUT2D eigenvalue weighted by Gasteiger charge is 2.29. The van der Waals surface area contributed by atoms with Gasteiger partial charge in [0.2, 0.25) is 21.8 Å². The summed E-state index contributed by atoms with van der Waals surface area (Å²) < 4.78 is 27.0. The lowest BCUT2D eigenvalue weighted by Gasteiger charge is -2.33. The molecule has 1 aliphatic heterocycles. The summed E-state index contributed by atoms with van der Waals surface area (Å²) in [5, 5.41) is 4.96. The largest absolute Gasteiger partial charge is 0.358 e. The van der Waals surface area contributed by atoms with Crippen LogP contribution in [0.15, 0.2) is 23.1 Å². The third-order valence-electron chi connectivity index (χ3n) is 4.54. The van der Waals surface area contributed by atoms with Crippen molar-refractivity contribution in [2.75, 3.05) is 46.3 Å². The summed E-state index contributed by atoms with van der Waals surface area (Å²) in [6.45, 7) is 5.53. The summed E-state index contributed by atoms with van der Waals surface area (Å²) in [5.41, 5.74) is 1.99. The maximum Gasteiger partial charge on any atom is 0.243 e. The molecular formula is C17H26N4O4S. The number of rotatable bonds is 6. The zero-order chi connectivity index (χ0) is 19.3. The summed E-state index contributed by atoms with van der Waals surface area (Å²) in [6.07, 6.45) is 0. The maximum atomic E-state index is 12.8. The zero-order valence-electron chi connectivity index (χ0n) is 15.4. The fourth-order valence-corrected chi connectivity index (χ4v) is 4.19. The molecule has 144 valence electrons. The molecule has 2 amide bonds. The summed E-state index contributed by atoms with van der Waals surface area (Å²) in [6, 6.07) is 5.15. The van der Waals surface area contributed by atoms with Crippen LogP contribution in [0.25, 0.3) is 0 Å². The quantitative estimate of drug-likeness (QED) is 0.689. The number of hydrogen-bond donors (Lipinski definition) is 2. The second kappa shape index (κ2) is 8.61. The molecule has 0 bridgehead atoms. The summed E-state index contributed by atoms with van der Waals surface area (Å²) in [7, 11) is -2.02. The van der Waals surface area contributed by atoms with Gasteiger partial charge in [-0.1, -0.05) is 6.07 Å². The summed E-state index contributed by atoms with van der Waals surface area (Å²) >= 11 is 0. The lowest BCUT2D eigenvalue weighted by atomic mass is 10.1.